The number of rotatable bonds is 7. The van der Waals surface area contributed by atoms with Crippen LogP contribution in [0.5, 0.6) is 0 Å². The Morgan fingerprint density at radius 3 is 3.00 bits per heavy atom. The van der Waals surface area contributed by atoms with E-state index in [0.717, 1.165) is 11.3 Å². The van der Waals surface area contributed by atoms with Crippen molar-refractivity contribution in [3.63, 3.8) is 0 Å². The normalized spacial score (nSPS) is 21.2. The molecule has 0 spiro atoms. The van der Waals surface area contributed by atoms with Crippen molar-refractivity contribution in [3.8, 4) is 0 Å². The summed E-state index contributed by atoms with van der Waals surface area (Å²) in [5, 5.41) is 7.73. The van der Waals surface area contributed by atoms with Gasteiger partial charge in [-0.2, -0.15) is 0 Å². The minimum atomic E-state index is -0.813. The van der Waals surface area contributed by atoms with E-state index in [4.69, 9.17) is 15.3 Å². The fourth-order valence-electron chi connectivity index (χ4n) is 2.64. The lowest BCUT2D eigenvalue weighted by Crippen LogP contribution is -2.70. The first-order valence-electron chi connectivity index (χ1n) is 8.04. The van der Waals surface area contributed by atoms with Gasteiger partial charge in [-0.3, -0.25) is 14.5 Å². The number of nitrogens with one attached hydrogen (secondary N) is 1. The fraction of sp³-hybridized carbons (Fsp3) is 0.312. The van der Waals surface area contributed by atoms with Gasteiger partial charge in [0.25, 0.3) is 11.8 Å². The summed E-state index contributed by atoms with van der Waals surface area (Å²) in [4.78, 5) is 47.4. The number of ether oxygens (including phenoxy) is 1. The molecule has 1 aromatic rings. The smallest absolute Gasteiger partial charge is 0.355 e. The minimum absolute atomic E-state index is 0.0454. The van der Waals surface area contributed by atoms with E-state index < -0.39 is 29.2 Å². The number of esters is 1. The van der Waals surface area contributed by atoms with Gasteiger partial charge >= 0.3 is 5.97 Å². The number of oxime groups is 1. The standard InChI is InChI=1S/C16H17N5O5S2/c1-3-5-26-15(24)9-4-6-27-14-11(13(23)21(9)14)19-12(22)10(20-25-2)8-7-28-16(17)18-8/h3-4,7,11,14H,1,5-6H2,2H3,(H2,17,18)(H,19,22)/b20-10-/t11?,14-/m1/s1. The van der Waals surface area contributed by atoms with Crippen molar-refractivity contribution in [1.29, 1.82) is 0 Å². The number of hydrogen-bond donors (Lipinski definition) is 2. The Bertz CT molecular complexity index is 881. The van der Waals surface area contributed by atoms with Crippen LogP contribution >= 0.6 is 23.1 Å². The van der Waals surface area contributed by atoms with E-state index in [-0.39, 0.29) is 28.8 Å². The Hall–Kier alpha value is -2.86. The molecule has 0 aliphatic carbocycles. The van der Waals surface area contributed by atoms with Crippen molar-refractivity contribution in [2.24, 2.45) is 5.16 Å². The van der Waals surface area contributed by atoms with E-state index in [1.54, 1.807) is 11.5 Å². The molecule has 2 aliphatic heterocycles. The molecule has 0 aromatic carbocycles. The van der Waals surface area contributed by atoms with Gasteiger partial charge < -0.3 is 20.6 Å². The van der Waals surface area contributed by atoms with Gasteiger partial charge in [-0.25, -0.2) is 9.78 Å². The summed E-state index contributed by atoms with van der Waals surface area (Å²) in [6.07, 6.45) is 3.06. The predicted molar refractivity (Wildman–Crippen MR) is 104 cm³/mol. The maximum atomic E-state index is 12.6. The van der Waals surface area contributed by atoms with Gasteiger partial charge in [0.15, 0.2) is 10.8 Å². The van der Waals surface area contributed by atoms with Crippen molar-refractivity contribution in [3.05, 3.63) is 35.5 Å². The quantitative estimate of drug-likeness (QED) is 0.207. The second-order valence-electron chi connectivity index (χ2n) is 5.55. The van der Waals surface area contributed by atoms with Crippen LogP contribution in [0.1, 0.15) is 5.69 Å². The van der Waals surface area contributed by atoms with Gasteiger partial charge in [0.2, 0.25) is 0 Å². The van der Waals surface area contributed by atoms with Gasteiger partial charge in [-0.1, -0.05) is 17.8 Å². The molecule has 0 radical (unpaired) electrons. The van der Waals surface area contributed by atoms with Crippen LogP contribution in [0.3, 0.4) is 0 Å². The summed E-state index contributed by atoms with van der Waals surface area (Å²) in [6.45, 7) is 3.53. The van der Waals surface area contributed by atoms with E-state index in [2.05, 4.69) is 22.0 Å². The number of nitrogen functional groups attached to an aromatic ring is 1. The third-order valence-corrected chi connectivity index (χ3v) is 5.69. The number of β-lactam (4-membered cyclic amide) rings is 1. The van der Waals surface area contributed by atoms with Crippen LogP contribution in [0, 0.1) is 0 Å². The lowest BCUT2D eigenvalue weighted by atomic mass is 10.0. The Kier molecular flexibility index (Phi) is 5.99. The topological polar surface area (TPSA) is 136 Å². The Morgan fingerprint density at radius 1 is 1.57 bits per heavy atom. The third kappa shape index (κ3) is 3.73. The highest BCUT2D eigenvalue weighted by Gasteiger charge is 2.53. The van der Waals surface area contributed by atoms with Crippen molar-refractivity contribution in [2.45, 2.75) is 11.4 Å². The van der Waals surface area contributed by atoms with Gasteiger partial charge in [0, 0.05) is 11.1 Å². The van der Waals surface area contributed by atoms with Crippen molar-refractivity contribution in [2.75, 3.05) is 25.2 Å². The molecule has 3 rings (SSSR count). The molecule has 0 bridgehead atoms. The van der Waals surface area contributed by atoms with E-state index in [1.807, 2.05) is 0 Å². The van der Waals surface area contributed by atoms with Gasteiger partial charge in [-0.15, -0.1) is 23.1 Å². The lowest BCUT2D eigenvalue weighted by molar-refractivity contribution is -0.151. The zero-order chi connectivity index (χ0) is 20.3. The van der Waals surface area contributed by atoms with Crippen LogP contribution in [-0.4, -0.2) is 64.3 Å². The third-order valence-electron chi connectivity index (χ3n) is 3.84. The first-order valence-corrected chi connectivity index (χ1v) is 9.97. The maximum Gasteiger partial charge on any atom is 0.355 e. The predicted octanol–water partition coefficient (Wildman–Crippen LogP) is 0.0888. The number of hydrogen-bond acceptors (Lipinski definition) is 10. The molecule has 1 aromatic heterocycles. The summed E-state index contributed by atoms with van der Waals surface area (Å²) in [6, 6.07) is -0.813. The number of anilines is 1. The average Bonchev–Trinajstić information content (AvgIpc) is 3.13. The Morgan fingerprint density at radius 2 is 2.36 bits per heavy atom. The first-order chi connectivity index (χ1) is 13.5. The van der Waals surface area contributed by atoms with Crippen LogP contribution in [0.25, 0.3) is 0 Å². The molecule has 2 amide bonds. The summed E-state index contributed by atoms with van der Waals surface area (Å²) in [7, 11) is 1.29. The molecule has 1 fully saturated rings. The molecule has 148 valence electrons. The summed E-state index contributed by atoms with van der Waals surface area (Å²) in [5.74, 6) is -1.15. The summed E-state index contributed by atoms with van der Waals surface area (Å²) in [5.41, 5.74) is 5.92. The highest BCUT2D eigenvalue weighted by Crippen LogP contribution is 2.37. The molecular weight excluding hydrogens is 406 g/mol. The molecule has 2 aliphatic rings. The van der Waals surface area contributed by atoms with Crippen molar-refractivity contribution in [1.82, 2.24) is 15.2 Å². The Balaban J connectivity index is 1.71. The highest BCUT2D eigenvalue weighted by atomic mass is 32.2. The van der Waals surface area contributed by atoms with Crippen LogP contribution in [0.2, 0.25) is 0 Å². The highest BCUT2D eigenvalue weighted by molar-refractivity contribution is 8.00. The second kappa shape index (κ2) is 8.44. The van der Waals surface area contributed by atoms with E-state index >= 15 is 0 Å². The Labute approximate surface area is 168 Å². The number of nitrogens with two attached hydrogens (primary N) is 1. The zero-order valence-corrected chi connectivity index (χ0v) is 16.4. The van der Waals surface area contributed by atoms with Crippen molar-refractivity contribution < 1.29 is 24.0 Å². The minimum Gasteiger partial charge on any atom is -0.457 e. The molecule has 3 N–H and O–H groups in total. The van der Waals surface area contributed by atoms with Crippen LogP contribution in [0.4, 0.5) is 5.13 Å². The number of thioether (sulfide) groups is 1. The molecule has 2 atom stereocenters. The van der Waals surface area contributed by atoms with Gasteiger partial charge in [0.1, 0.15) is 36.5 Å². The lowest BCUT2D eigenvalue weighted by Gasteiger charge is -2.48. The van der Waals surface area contributed by atoms with Crippen LogP contribution in [0.15, 0.2) is 35.0 Å². The monoisotopic (exact) mass is 423 g/mol. The SMILES string of the molecule is C=CCOC(=O)C1=CCS[C@@H]2C(NC(=O)/C(=N\OC)c3csc(N)n3)C(=O)N12. The number of nitrogens with zero attached hydrogens (tertiary/aromatic N) is 3. The number of thiazole rings is 1. The number of carbonyl (C=O) groups is 3. The number of amides is 2. The summed E-state index contributed by atoms with van der Waals surface area (Å²) >= 11 is 2.57. The largest absolute Gasteiger partial charge is 0.457 e. The fourth-order valence-corrected chi connectivity index (χ4v) is 4.38. The number of aromatic nitrogens is 1. The summed E-state index contributed by atoms with van der Waals surface area (Å²) < 4.78 is 5.01. The van der Waals surface area contributed by atoms with E-state index in [9.17, 15) is 14.4 Å². The van der Waals surface area contributed by atoms with E-state index in [0.29, 0.717) is 5.75 Å². The van der Waals surface area contributed by atoms with E-state index in [1.165, 1.54) is 29.8 Å². The number of fused-ring (bicyclic) bond motifs is 1. The maximum absolute atomic E-state index is 12.6. The van der Waals surface area contributed by atoms with Crippen molar-refractivity contribution >= 4 is 51.7 Å². The molecular formula is C16H17N5O5S2. The number of carbonyl (C=O) groups excluding carboxylic acids is 3. The first kappa shape index (κ1) is 19.9. The molecule has 1 saturated heterocycles. The molecule has 28 heavy (non-hydrogen) atoms. The molecule has 0 saturated carbocycles. The van der Waals surface area contributed by atoms with Crippen LogP contribution in [-0.2, 0) is 24.0 Å². The van der Waals surface area contributed by atoms with Gasteiger partial charge in [0.05, 0.1) is 0 Å². The van der Waals surface area contributed by atoms with Crippen LogP contribution < -0.4 is 11.1 Å². The molecule has 3 heterocycles. The molecule has 1 unspecified atom stereocenters. The molecule has 10 nitrogen and oxygen atoms in total. The van der Waals surface area contributed by atoms with Gasteiger partial charge in [-0.05, 0) is 6.08 Å². The second-order valence-corrected chi connectivity index (χ2v) is 7.59. The zero-order valence-electron chi connectivity index (χ0n) is 14.8. The average molecular weight is 423 g/mol. The molecule has 12 heteroatoms.